The normalized spacial score (nSPS) is 15.5. The van der Waals surface area contributed by atoms with Crippen molar-refractivity contribution in [2.75, 3.05) is 4.90 Å². The molecule has 9 aromatic rings. The van der Waals surface area contributed by atoms with Gasteiger partial charge in [-0.3, -0.25) is 0 Å². The third kappa shape index (κ3) is 5.63. The molecule has 1 aromatic heterocycles. The molecule has 1 aliphatic heterocycles. The van der Waals surface area contributed by atoms with Crippen LogP contribution in [0.5, 0.6) is 0 Å². The Morgan fingerprint density at radius 1 is 0.475 bits per heavy atom. The maximum Gasteiger partial charge on any atom is 0.0588 e. The Labute approximate surface area is 346 Å². The van der Waals surface area contributed by atoms with Gasteiger partial charge >= 0.3 is 0 Å². The van der Waals surface area contributed by atoms with Crippen LogP contribution in [0.1, 0.15) is 36.1 Å². The molecule has 59 heavy (non-hydrogen) atoms. The number of para-hydroxylation sites is 1. The zero-order chi connectivity index (χ0) is 39.7. The molecule has 8 aromatic carbocycles. The highest BCUT2D eigenvalue weighted by Crippen LogP contribution is 2.53. The number of benzene rings is 8. The number of allylic oxidation sites excluding steroid dienone is 4. The Morgan fingerprint density at radius 3 is 1.85 bits per heavy atom. The van der Waals surface area contributed by atoms with Gasteiger partial charge in [0.15, 0.2) is 0 Å². The summed E-state index contributed by atoms with van der Waals surface area (Å²) in [7, 11) is 0. The first-order chi connectivity index (χ1) is 28.9. The van der Waals surface area contributed by atoms with Crippen LogP contribution < -0.4 is 4.90 Å². The predicted octanol–water partition coefficient (Wildman–Crippen LogP) is 15.2. The Kier molecular flexibility index (Phi) is 8.03. The Bertz CT molecular complexity index is 3190. The second kappa shape index (κ2) is 13.6. The van der Waals surface area contributed by atoms with Crippen molar-refractivity contribution in [1.82, 2.24) is 4.57 Å². The number of hydrogen-bond acceptors (Lipinski definition) is 1. The van der Waals surface area contributed by atoms with Gasteiger partial charge in [0.25, 0.3) is 0 Å². The first kappa shape index (κ1) is 34.8. The maximum absolute atomic E-state index is 4.65. The van der Waals surface area contributed by atoms with E-state index in [-0.39, 0.29) is 5.41 Å². The first-order valence-corrected chi connectivity index (χ1v) is 20.4. The maximum atomic E-state index is 4.65. The summed E-state index contributed by atoms with van der Waals surface area (Å²) in [5, 5.41) is 2.48. The SMILES string of the molecule is C=C1/C=C(c2ccc3c(c2)c2ccc4c(c2n3-c2cccc(-c3ccccc3)c2)C(C)(C)c2ccccc2-4)\C=C/N(c2cccc(-c3ccccc3)c2)c2ccccc21. The fourth-order valence-electron chi connectivity index (χ4n) is 9.64. The molecule has 0 unspecified atom stereocenters. The largest absolute Gasteiger partial charge is 0.317 e. The van der Waals surface area contributed by atoms with Gasteiger partial charge in [-0.15, -0.1) is 0 Å². The summed E-state index contributed by atoms with van der Waals surface area (Å²) in [6, 6.07) is 68.3. The molecule has 0 amide bonds. The smallest absolute Gasteiger partial charge is 0.0588 e. The van der Waals surface area contributed by atoms with Gasteiger partial charge in [-0.1, -0.05) is 166 Å². The van der Waals surface area contributed by atoms with Gasteiger partial charge in [-0.25, -0.2) is 0 Å². The van der Waals surface area contributed by atoms with Gasteiger partial charge in [0.2, 0.25) is 0 Å². The molecular formula is C57H42N2. The van der Waals surface area contributed by atoms with Crippen LogP contribution in [0.15, 0.2) is 213 Å². The van der Waals surface area contributed by atoms with E-state index < -0.39 is 0 Å². The lowest BCUT2D eigenvalue weighted by atomic mass is 9.81. The summed E-state index contributed by atoms with van der Waals surface area (Å²) in [4.78, 5) is 2.30. The van der Waals surface area contributed by atoms with Crippen LogP contribution >= 0.6 is 0 Å². The van der Waals surface area contributed by atoms with Gasteiger partial charge in [-0.2, -0.15) is 0 Å². The molecule has 11 rings (SSSR count). The predicted molar refractivity (Wildman–Crippen MR) is 250 cm³/mol. The van der Waals surface area contributed by atoms with Gasteiger partial charge in [-0.05, 0) is 116 Å². The Balaban J connectivity index is 1.11. The van der Waals surface area contributed by atoms with Gasteiger partial charge in [0, 0.05) is 39.3 Å². The average molecular weight is 755 g/mol. The van der Waals surface area contributed by atoms with E-state index in [0.717, 1.165) is 39.3 Å². The van der Waals surface area contributed by atoms with Gasteiger partial charge < -0.3 is 9.47 Å². The molecular weight excluding hydrogens is 713 g/mol. The molecule has 0 saturated heterocycles. The zero-order valence-corrected chi connectivity index (χ0v) is 33.2. The topological polar surface area (TPSA) is 8.17 Å². The summed E-state index contributed by atoms with van der Waals surface area (Å²) in [6.45, 7) is 9.43. The molecule has 0 radical (unpaired) electrons. The van der Waals surface area contributed by atoms with Crippen molar-refractivity contribution in [2.45, 2.75) is 19.3 Å². The van der Waals surface area contributed by atoms with Crippen molar-refractivity contribution in [3.63, 3.8) is 0 Å². The van der Waals surface area contributed by atoms with Gasteiger partial charge in [0.05, 0.1) is 16.7 Å². The Hall–Kier alpha value is -7.42. The highest BCUT2D eigenvalue weighted by Gasteiger charge is 2.38. The van der Waals surface area contributed by atoms with Crippen LogP contribution in [0.3, 0.4) is 0 Å². The minimum absolute atomic E-state index is 0.186. The van der Waals surface area contributed by atoms with E-state index in [2.05, 4.69) is 236 Å². The second-order valence-electron chi connectivity index (χ2n) is 16.3. The third-order valence-electron chi connectivity index (χ3n) is 12.5. The number of aromatic nitrogens is 1. The molecule has 2 nitrogen and oxygen atoms in total. The van der Waals surface area contributed by atoms with Crippen LogP contribution in [0.4, 0.5) is 11.4 Å². The summed E-state index contributed by atoms with van der Waals surface area (Å²) in [5.41, 5.74) is 20.1. The van der Waals surface area contributed by atoms with E-state index in [1.54, 1.807) is 0 Å². The lowest BCUT2D eigenvalue weighted by molar-refractivity contribution is 0.664. The van der Waals surface area contributed by atoms with Crippen LogP contribution in [-0.4, -0.2) is 4.57 Å². The summed E-state index contributed by atoms with van der Waals surface area (Å²) in [6.07, 6.45) is 6.71. The van der Waals surface area contributed by atoms with Crippen LogP contribution in [0, 0.1) is 0 Å². The number of hydrogen-bond donors (Lipinski definition) is 0. The number of nitrogens with zero attached hydrogens (tertiary/aromatic N) is 2. The summed E-state index contributed by atoms with van der Waals surface area (Å²) in [5.74, 6) is 0. The quantitative estimate of drug-likeness (QED) is 0.170. The highest BCUT2D eigenvalue weighted by molar-refractivity contribution is 6.14. The Morgan fingerprint density at radius 2 is 1.10 bits per heavy atom. The lowest BCUT2D eigenvalue weighted by Crippen LogP contribution is -2.16. The number of fused-ring (bicyclic) bond motifs is 8. The average Bonchev–Trinajstić information content (AvgIpc) is 3.74. The van der Waals surface area contributed by atoms with Crippen molar-refractivity contribution in [3.05, 3.63) is 235 Å². The van der Waals surface area contributed by atoms with Gasteiger partial charge in [0.1, 0.15) is 0 Å². The van der Waals surface area contributed by atoms with Crippen molar-refractivity contribution in [3.8, 4) is 39.1 Å². The monoisotopic (exact) mass is 754 g/mol. The first-order valence-electron chi connectivity index (χ1n) is 20.4. The van der Waals surface area contributed by atoms with Crippen molar-refractivity contribution in [1.29, 1.82) is 0 Å². The molecule has 0 saturated carbocycles. The zero-order valence-electron chi connectivity index (χ0n) is 33.2. The molecule has 0 N–H and O–H groups in total. The highest BCUT2D eigenvalue weighted by atomic mass is 15.1. The van der Waals surface area contributed by atoms with Crippen LogP contribution in [0.25, 0.3) is 72.0 Å². The molecule has 0 fully saturated rings. The van der Waals surface area contributed by atoms with Crippen LogP contribution in [0.2, 0.25) is 0 Å². The van der Waals surface area contributed by atoms with Crippen molar-refractivity contribution < 1.29 is 0 Å². The van der Waals surface area contributed by atoms with E-state index in [1.807, 2.05) is 0 Å². The molecule has 280 valence electrons. The molecule has 2 heteroatoms. The molecule has 1 aliphatic carbocycles. The second-order valence-corrected chi connectivity index (χ2v) is 16.3. The summed E-state index contributed by atoms with van der Waals surface area (Å²) < 4.78 is 2.52. The van der Waals surface area contributed by atoms with E-state index in [4.69, 9.17) is 0 Å². The third-order valence-corrected chi connectivity index (χ3v) is 12.5. The van der Waals surface area contributed by atoms with Crippen LogP contribution in [-0.2, 0) is 5.41 Å². The fraction of sp³-hybridized carbons (Fsp3) is 0.0526. The summed E-state index contributed by atoms with van der Waals surface area (Å²) >= 11 is 0. The minimum atomic E-state index is -0.186. The molecule has 0 atom stereocenters. The van der Waals surface area contributed by atoms with E-state index in [1.165, 1.54) is 66.3 Å². The molecule has 0 spiro atoms. The lowest BCUT2D eigenvalue weighted by Gasteiger charge is -2.26. The number of anilines is 2. The molecule has 2 heterocycles. The number of rotatable bonds is 5. The fourth-order valence-corrected chi connectivity index (χ4v) is 9.64. The minimum Gasteiger partial charge on any atom is -0.317 e. The molecule has 2 aliphatic rings. The van der Waals surface area contributed by atoms with E-state index in [9.17, 15) is 0 Å². The standard InChI is InChI=1S/C57H42N2/c1-38-34-44(32-33-58(53-27-13-11-24-47(38)53)45-22-14-20-41(35-45)39-16-6-4-7-17-39)43-28-31-54-51(37-43)50-30-29-49-48-25-10-12-26-52(48)57(2,3)55(49)56(50)59(54)46-23-15-21-42(36-46)40-18-8-5-9-19-40/h4-37H,1H2,2-3H3/b33-32-,44-34+. The molecule has 0 bridgehead atoms. The van der Waals surface area contributed by atoms with E-state index >= 15 is 0 Å². The van der Waals surface area contributed by atoms with E-state index in [0.29, 0.717) is 0 Å². The van der Waals surface area contributed by atoms with Crippen molar-refractivity contribution in [2.24, 2.45) is 0 Å². The van der Waals surface area contributed by atoms with Crippen molar-refractivity contribution >= 4 is 44.3 Å².